The summed E-state index contributed by atoms with van der Waals surface area (Å²) in [4.78, 5) is 132. The Labute approximate surface area is 599 Å². The zero-order valence-corrected chi connectivity index (χ0v) is 57.1. The van der Waals surface area contributed by atoms with Crippen LogP contribution in [0.15, 0.2) is 78.9 Å². The molecule has 0 aromatic heterocycles. The Morgan fingerprint density at radius 2 is 1.34 bits per heavy atom. The summed E-state index contributed by atoms with van der Waals surface area (Å²) in [5, 5.41) is 135. The van der Waals surface area contributed by atoms with Crippen LogP contribution in [0.25, 0.3) is 11.1 Å². The van der Waals surface area contributed by atoms with E-state index < -0.39 is 249 Å². The molecule has 9 amide bonds. The first kappa shape index (κ1) is 75.3. The number of phenols is 3. The van der Waals surface area contributed by atoms with Crippen molar-refractivity contribution in [2.75, 3.05) is 13.7 Å². The number of aliphatic hydroxyl groups is 6. The number of hydrogen-bond donors (Lipinski definition) is 20. The van der Waals surface area contributed by atoms with E-state index in [0.717, 1.165) is 60.7 Å². The summed E-state index contributed by atoms with van der Waals surface area (Å²) in [6.07, 6.45) is -18.4. The molecular formula is C67H74Cl2N10O25. The van der Waals surface area contributed by atoms with Crippen LogP contribution in [0.3, 0.4) is 0 Å². The van der Waals surface area contributed by atoms with Crippen molar-refractivity contribution in [1.29, 1.82) is 0 Å². The van der Waals surface area contributed by atoms with Gasteiger partial charge >= 0.3 is 12.0 Å². The van der Waals surface area contributed by atoms with Crippen LogP contribution in [0, 0.1) is 5.92 Å². The molecule has 104 heavy (non-hydrogen) atoms. The molecule has 3 unspecified atom stereocenters. The Bertz CT molecular complexity index is 4290. The molecule has 0 aliphatic carbocycles. The van der Waals surface area contributed by atoms with Gasteiger partial charge in [0.25, 0.3) is 0 Å². The molecule has 5 aromatic rings. The maximum atomic E-state index is 16.2. The molecule has 35 nitrogen and oxygen atoms in total. The average Bonchev–Trinajstić information content (AvgIpc) is 1.52. The van der Waals surface area contributed by atoms with Gasteiger partial charge in [-0.1, -0.05) is 55.2 Å². The number of hydrogen-bond acceptors (Lipinski definition) is 25. The molecule has 18 atom stereocenters. The van der Waals surface area contributed by atoms with Gasteiger partial charge in [0.15, 0.2) is 29.6 Å². The van der Waals surface area contributed by atoms with Gasteiger partial charge in [-0.3, -0.25) is 33.6 Å². The van der Waals surface area contributed by atoms with Gasteiger partial charge in [0.1, 0.15) is 102 Å². The van der Waals surface area contributed by atoms with Crippen molar-refractivity contribution >= 4 is 76.6 Å². The summed E-state index contributed by atoms with van der Waals surface area (Å²) >= 11 is 14.3. The number of aliphatic hydroxyl groups excluding tert-OH is 5. The van der Waals surface area contributed by atoms with Crippen LogP contribution in [-0.4, -0.2) is 197 Å². The summed E-state index contributed by atoms with van der Waals surface area (Å²) < 4.78 is 38.2. The minimum Gasteiger partial charge on any atom is -0.508 e. The molecule has 556 valence electrons. The van der Waals surface area contributed by atoms with Crippen LogP contribution >= 0.6 is 23.2 Å². The highest BCUT2D eigenvalue weighted by molar-refractivity contribution is 6.32. The minimum atomic E-state index is -2.37. The van der Waals surface area contributed by atoms with E-state index in [0.29, 0.717) is 0 Å². The number of carboxylic acid groups (broad SMARTS) is 1. The lowest BCUT2D eigenvalue weighted by molar-refractivity contribution is -0.287. The van der Waals surface area contributed by atoms with E-state index in [1.165, 1.54) is 39.1 Å². The van der Waals surface area contributed by atoms with Gasteiger partial charge in [-0.2, -0.15) is 0 Å². The summed E-state index contributed by atoms with van der Waals surface area (Å²) in [6.45, 7) is 5.46. The van der Waals surface area contributed by atoms with Crippen LogP contribution in [0.4, 0.5) is 4.79 Å². The number of likely N-dealkylation sites (N-methyl/N-ethyl adjacent to an activating group) is 1. The van der Waals surface area contributed by atoms with Crippen LogP contribution < -0.4 is 67.8 Å². The third-order valence-electron chi connectivity index (χ3n) is 18.7. The van der Waals surface area contributed by atoms with Crippen molar-refractivity contribution in [2.24, 2.45) is 11.7 Å². The second-order valence-electron chi connectivity index (χ2n) is 26.4. The molecule has 3 saturated heterocycles. The summed E-state index contributed by atoms with van der Waals surface area (Å²) in [5.74, 6) is -16.3. The highest BCUT2D eigenvalue weighted by atomic mass is 35.5. The Kier molecular flexibility index (Phi) is 21.5. The van der Waals surface area contributed by atoms with E-state index in [1.54, 1.807) is 0 Å². The lowest BCUT2D eigenvalue weighted by Crippen LogP contribution is -2.70. The molecule has 3 fully saturated rings. The number of ether oxygens (including phenoxy) is 6. The molecule has 37 heteroatoms. The van der Waals surface area contributed by atoms with Gasteiger partial charge in [-0.15, -0.1) is 0 Å². The summed E-state index contributed by atoms with van der Waals surface area (Å²) in [5.41, 5.74) is -0.867. The first-order chi connectivity index (χ1) is 49.1. The van der Waals surface area contributed by atoms with E-state index in [1.807, 2.05) is 13.8 Å². The molecule has 13 rings (SSSR count). The second kappa shape index (κ2) is 29.7. The van der Waals surface area contributed by atoms with Crippen LogP contribution in [-0.2, 0) is 52.6 Å². The number of carbonyl (C=O) groups is 9. The third-order valence-corrected chi connectivity index (χ3v) is 19.3. The van der Waals surface area contributed by atoms with Gasteiger partial charge in [-0.25, -0.2) is 9.59 Å². The van der Waals surface area contributed by atoms with E-state index in [2.05, 4.69) is 47.9 Å². The molecule has 21 N–H and O–H groups in total. The van der Waals surface area contributed by atoms with Crippen molar-refractivity contribution in [3.63, 3.8) is 0 Å². The Morgan fingerprint density at radius 3 is 1.96 bits per heavy atom. The monoisotopic (exact) mass is 1490 g/mol. The van der Waals surface area contributed by atoms with Crippen LogP contribution in [0.1, 0.15) is 105 Å². The SMILES string of the molecule is CN[C@H](CC(C)C)C(=O)N[C@H]1C(=O)NC(CC(N)=O)C(=O)N[C@H]2C(=O)N[C@H]3C(=O)N[C@H](C(=O)NC(C(=O)O)c4cc(O)cc(O)c4-c4cc3ccc4O)[C@H](O[C@H]3C[C@]4(C)NC(=O)N[C@]4(O)[C@H](C)O3)c3ccc(c(Cl)c3)Oc3cc2cc(c3OC2O[C@H](CO)[C@@H](O)[C@H](O)[C@H]2O)Oc2ccc(cc2Cl)[C@H]1O. The zero-order chi connectivity index (χ0) is 75.5. The number of primary amides is 1. The number of fused-ring (bicyclic) bond motifs is 16. The third kappa shape index (κ3) is 14.8. The van der Waals surface area contributed by atoms with E-state index in [-0.39, 0.29) is 39.8 Å². The molecule has 0 spiro atoms. The van der Waals surface area contributed by atoms with Crippen molar-refractivity contribution in [3.8, 4) is 57.1 Å². The second-order valence-corrected chi connectivity index (χ2v) is 27.2. The van der Waals surface area contributed by atoms with E-state index in [9.17, 15) is 75.0 Å². The molecule has 5 aromatic carbocycles. The number of halogens is 2. The standard InChI is InChI=1S/C67H74Cl2N10O25/c1-23(2)12-34(71-5)57(89)76-49-51(85)26-7-10-38(32(68)14-26)100-40-16-28-17-41(56(40)104-64-54(88)53(87)52(86)42(22-80)102-64)101-39-11-8-27(15-33(39)69)55(103-44-21-66(4)67(98,24(3)99-44)79-65(97)78-66)50-62(94)75-48(63(95)96)31-18-29(81)19-37(83)45(31)30-13-25(6-9-36(30)82)46(59(91)77-50)74-60(92)47(28)73-58(90)35(20-43(70)84)72-61(49)93/h6-11,13-19,23-24,34-35,42,44,46-55,64,71,80-83,85-88,98H,12,20-22H2,1-5H3,(H2,70,84)(H,72,93)(H,73,90)(H,74,92)(H,75,94)(H,76,89)(H,77,91)(H,95,96)(H2,78,79,97)/t24-,34+,35?,42+,44-,46+,47+,48?,49+,50-,51+,52+,53-,54+,55+,64?,66-,67-/m0/s1. The lowest BCUT2D eigenvalue weighted by Gasteiger charge is -2.48. The van der Waals surface area contributed by atoms with Crippen molar-refractivity contribution < 1.29 is 123 Å². The van der Waals surface area contributed by atoms with E-state index in [4.69, 9.17) is 57.4 Å². The number of nitrogens with two attached hydrogens (primary N) is 1. The van der Waals surface area contributed by atoms with Crippen molar-refractivity contribution in [3.05, 3.63) is 117 Å². The molecule has 8 heterocycles. The van der Waals surface area contributed by atoms with Crippen molar-refractivity contribution in [2.45, 2.75) is 156 Å². The molecule has 11 bridgehead atoms. The number of benzene rings is 5. The maximum absolute atomic E-state index is 16.2. The number of amides is 9. The smallest absolute Gasteiger partial charge is 0.330 e. The number of aliphatic carboxylic acids is 1. The van der Waals surface area contributed by atoms with Crippen LogP contribution in [0.5, 0.6) is 46.0 Å². The summed E-state index contributed by atoms with van der Waals surface area (Å²) in [7, 11) is 1.47. The fourth-order valence-electron chi connectivity index (χ4n) is 13.3. The van der Waals surface area contributed by atoms with Gasteiger partial charge in [0.05, 0.1) is 34.7 Å². The predicted octanol–water partition coefficient (Wildman–Crippen LogP) is -0.212. The number of aromatic hydroxyl groups is 3. The van der Waals surface area contributed by atoms with Gasteiger partial charge in [0.2, 0.25) is 53.4 Å². The Hall–Kier alpha value is -9.89. The number of urea groups is 1. The van der Waals surface area contributed by atoms with Crippen molar-refractivity contribution in [1.82, 2.24) is 47.9 Å². The number of carboxylic acids is 1. The normalized spacial score (nSPS) is 30.0. The quantitative estimate of drug-likeness (QED) is 0.0725. The lowest BCUT2D eigenvalue weighted by atomic mass is 9.81. The highest BCUT2D eigenvalue weighted by Gasteiger charge is 2.63. The van der Waals surface area contributed by atoms with Gasteiger partial charge in [0, 0.05) is 29.2 Å². The molecular weight excluding hydrogens is 1420 g/mol. The Morgan fingerprint density at radius 1 is 0.712 bits per heavy atom. The highest BCUT2D eigenvalue weighted by Crippen LogP contribution is 2.50. The number of phenolic OH excluding ortho intramolecular Hbond substituents is 3. The molecule has 8 aliphatic heterocycles. The first-order valence-electron chi connectivity index (χ1n) is 32.4. The van der Waals surface area contributed by atoms with E-state index >= 15 is 19.2 Å². The Balaban J connectivity index is 1.18. The molecule has 8 aliphatic rings. The minimum absolute atomic E-state index is 0.103. The fraction of sp³-hybridized carbons (Fsp3) is 0.418. The maximum Gasteiger partial charge on any atom is 0.330 e. The number of rotatable bonds is 13. The average molecular weight is 1490 g/mol. The molecule has 0 radical (unpaired) electrons. The fourth-order valence-corrected chi connectivity index (χ4v) is 13.7. The number of carbonyl (C=O) groups excluding carboxylic acids is 8. The predicted molar refractivity (Wildman–Crippen MR) is 356 cm³/mol. The zero-order valence-electron chi connectivity index (χ0n) is 55.6. The summed E-state index contributed by atoms with van der Waals surface area (Å²) in [6, 6.07) is -1.60. The van der Waals surface area contributed by atoms with Gasteiger partial charge in [-0.05, 0) is 110 Å². The largest absolute Gasteiger partial charge is 0.508 e. The van der Waals surface area contributed by atoms with Gasteiger partial charge < -0.3 is 133 Å². The first-order valence-corrected chi connectivity index (χ1v) is 33.2. The van der Waals surface area contributed by atoms with Crippen LogP contribution in [0.2, 0.25) is 10.0 Å². The molecule has 0 saturated carbocycles. The number of nitrogens with one attached hydrogen (secondary N) is 9. The topological polar surface area (TPSA) is 546 Å².